The van der Waals surface area contributed by atoms with Crippen molar-refractivity contribution in [2.45, 2.75) is 6.42 Å². The number of benzene rings is 3. The maximum absolute atomic E-state index is 13.8. The van der Waals surface area contributed by atoms with Gasteiger partial charge in [-0.2, -0.15) is 0 Å². The molecule has 0 amide bonds. The Balaban J connectivity index is 1.68. The summed E-state index contributed by atoms with van der Waals surface area (Å²) in [5, 5.41) is 1.67. The molecule has 26 heavy (non-hydrogen) atoms. The van der Waals surface area contributed by atoms with Gasteiger partial charge in [0.2, 0.25) is 0 Å². The van der Waals surface area contributed by atoms with E-state index < -0.39 is 7.14 Å². The number of hydrogen-bond donors (Lipinski definition) is 0. The summed E-state index contributed by atoms with van der Waals surface area (Å²) in [4.78, 5) is 12.0. The van der Waals surface area contributed by atoms with Crippen LogP contribution in [0.5, 0.6) is 0 Å². The lowest BCUT2D eigenvalue weighted by Crippen LogP contribution is -2.19. The molecule has 0 spiro atoms. The van der Waals surface area contributed by atoms with E-state index in [0.717, 1.165) is 10.6 Å². The lowest BCUT2D eigenvalue weighted by Gasteiger charge is -2.19. The predicted molar refractivity (Wildman–Crippen MR) is 106 cm³/mol. The lowest BCUT2D eigenvalue weighted by atomic mass is 10.2. The van der Waals surface area contributed by atoms with Gasteiger partial charge in [0.15, 0.2) is 0 Å². The number of esters is 1. The fourth-order valence-corrected chi connectivity index (χ4v) is 5.55. The summed E-state index contributed by atoms with van der Waals surface area (Å²) >= 11 is 0. The van der Waals surface area contributed by atoms with E-state index in [1.54, 1.807) is 24.3 Å². The zero-order chi connectivity index (χ0) is 18.2. The number of rotatable bonds is 7. The Kier molecular flexibility index (Phi) is 6.04. The van der Waals surface area contributed by atoms with Gasteiger partial charge in [-0.05, 0) is 18.6 Å². The fourth-order valence-electron chi connectivity index (χ4n) is 2.85. The van der Waals surface area contributed by atoms with Crippen molar-refractivity contribution in [3.05, 3.63) is 96.6 Å². The molecule has 0 atom stereocenters. The van der Waals surface area contributed by atoms with Gasteiger partial charge in [0.25, 0.3) is 0 Å². The number of ether oxygens (including phenoxy) is 1. The third-order valence-corrected chi connectivity index (χ3v) is 7.42. The van der Waals surface area contributed by atoms with Crippen LogP contribution in [-0.4, -0.2) is 18.7 Å². The topological polar surface area (TPSA) is 43.4 Å². The molecule has 3 nitrogen and oxygen atoms in total. The fraction of sp³-hybridized carbons (Fsp3) is 0.136. The molecule has 0 aliphatic carbocycles. The van der Waals surface area contributed by atoms with Gasteiger partial charge in [0, 0.05) is 16.8 Å². The van der Waals surface area contributed by atoms with Crippen LogP contribution in [0.25, 0.3) is 0 Å². The van der Waals surface area contributed by atoms with Gasteiger partial charge in [0.05, 0.1) is 12.2 Å². The molecule has 132 valence electrons. The molecule has 3 rings (SSSR count). The molecule has 0 aromatic heterocycles. The van der Waals surface area contributed by atoms with Crippen LogP contribution in [0.2, 0.25) is 0 Å². The van der Waals surface area contributed by atoms with E-state index in [9.17, 15) is 9.36 Å². The molecule has 4 heteroatoms. The molecule has 0 fully saturated rings. The van der Waals surface area contributed by atoms with Crippen LogP contribution in [0.3, 0.4) is 0 Å². The molecule has 0 aliphatic rings. The first kappa shape index (κ1) is 18.2. The number of carbonyl (C=O) groups is 1. The van der Waals surface area contributed by atoms with Crippen LogP contribution in [0, 0.1) is 0 Å². The van der Waals surface area contributed by atoms with Gasteiger partial charge < -0.3 is 9.30 Å². The van der Waals surface area contributed by atoms with Gasteiger partial charge in [-0.15, -0.1) is 0 Å². The highest BCUT2D eigenvalue weighted by molar-refractivity contribution is 7.78. The predicted octanol–water partition coefficient (Wildman–Crippen LogP) is 4.25. The highest BCUT2D eigenvalue weighted by Crippen LogP contribution is 2.43. The second-order valence-electron chi connectivity index (χ2n) is 5.99. The smallest absolute Gasteiger partial charge is 0.338 e. The standard InChI is InChI=1S/C22H21O3P/c23-22(19-11-4-1-5-12-19)25-17-10-18-26(24,20-13-6-2-7-14-20)21-15-8-3-9-16-21/h1-9,11-16H,10,17-18H2. The van der Waals surface area contributed by atoms with E-state index in [1.807, 2.05) is 66.7 Å². The van der Waals surface area contributed by atoms with Crippen LogP contribution < -0.4 is 10.6 Å². The van der Waals surface area contributed by atoms with Crippen molar-refractivity contribution in [3.63, 3.8) is 0 Å². The Morgan fingerprint density at radius 1 is 0.731 bits per heavy atom. The zero-order valence-corrected chi connectivity index (χ0v) is 15.3. The summed E-state index contributed by atoms with van der Waals surface area (Å²) in [5.74, 6) is -0.347. The van der Waals surface area contributed by atoms with E-state index in [-0.39, 0.29) is 12.6 Å². The maximum Gasteiger partial charge on any atom is 0.338 e. The van der Waals surface area contributed by atoms with Crippen LogP contribution in [0.4, 0.5) is 0 Å². The molecule has 0 saturated carbocycles. The second-order valence-corrected chi connectivity index (χ2v) is 8.95. The largest absolute Gasteiger partial charge is 0.462 e. The second kappa shape index (κ2) is 8.64. The van der Waals surface area contributed by atoms with Crippen molar-refractivity contribution in [3.8, 4) is 0 Å². The minimum atomic E-state index is -2.75. The Morgan fingerprint density at radius 2 is 1.19 bits per heavy atom. The number of carbonyl (C=O) groups excluding carboxylic acids is 1. The molecule has 0 radical (unpaired) electrons. The first-order valence-electron chi connectivity index (χ1n) is 8.62. The average Bonchev–Trinajstić information content (AvgIpc) is 2.73. The van der Waals surface area contributed by atoms with Gasteiger partial charge >= 0.3 is 5.97 Å². The number of hydrogen-bond acceptors (Lipinski definition) is 3. The Labute approximate surface area is 154 Å². The molecular weight excluding hydrogens is 343 g/mol. The van der Waals surface area contributed by atoms with E-state index in [2.05, 4.69) is 0 Å². The monoisotopic (exact) mass is 364 g/mol. The first-order valence-corrected chi connectivity index (χ1v) is 10.5. The summed E-state index contributed by atoms with van der Waals surface area (Å²) in [7, 11) is -2.75. The molecule has 0 bridgehead atoms. The van der Waals surface area contributed by atoms with Crippen LogP contribution in [0.1, 0.15) is 16.8 Å². The van der Waals surface area contributed by atoms with Gasteiger partial charge in [-0.25, -0.2) is 4.79 Å². The van der Waals surface area contributed by atoms with Crippen molar-refractivity contribution < 1.29 is 14.1 Å². The highest BCUT2D eigenvalue weighted by atomic mass is 31.2. The summed E-state index contributed by atoms with van der Waals surface area (Å²) in [6.07, 6.45) is 1.00. The molecule has 0 heterocycles. The summed E-state index contributed by atoms with van der Waals surface area (Å²) in [6.45, 7) is 0.247. The highest BCUT2D eigenvalue weighted by Gasteiger charge is 2.26. The quantitative estimate of drug-likeness (QED) is 0.358. The summed E-state index contributed by atoms with van der Waals surface area (Å²) < 4.78 is 19.1. The van der Waals surface area contributed by atoms with E-state index in [4.69, 9.17) is 4.74 Å². The summed E-state index contributed by atoms with van der Waals surface area (Å²) in [6, 6.07) is 28.0. The van der Waals surface area contributed by atoms with Crippen LogP contribution in [0.15, 0.2) is 91.0 Å². The van der Waals surface area contributed by atoms with E-state index in [0.29, 0.717) is 18.1 Å². The lowest BCUT2D eigenvalue weighted by molar-refractivity contribution is 0.0506. The third-order valence-electron chi connectivity index (χ3n) is 4.21. The van der Waals surface area contributed by atoms with Crippen molar-refractivity contribution in [2.75, 3.05) is 12.8 Å². The van der Waals surface area contributed by atoms with Gasteiger partial charge in [-0.1, -0.05) is 78.9 Å². The zero-order valence-electron chi connectivity index (χ0n) is 14.5. The molecule has 3 aromatic rings. The Morgan fingerprint density at radius 3 is 1.69 bits per heavy atom. The minimum absolute atomic E-state index is 0.247. The Hall–Kier alpha value is -2.64. The maximum atomic E-state index is 13.8. The van der Waals surface area contributed by atoms with E-state index >= 15 is 0 Å². The average molecular weight is 364 g/mol. The molecular formula is C22H21O3P. The SMILES string of the molecule is O=C(OCCCP(=O)(c1ccccc1)c1ccccc1)c1ccccc1. The van der Waals surface area contributed by atoms with Gasteiger partial charge in [0.1, 0.15) is 7.14 Å². The normalized spacial score (nSPS) is 11.1. The van der Waals surface area contributed by atoms with Crippen molar-refractivity contribution in [2.24, 2.45) is 0 Å². The van der Waals surface area contributed by atoms with Crippen molar-refractivity contribution in [1.82, 2.24) is 0 Å². The minimum Gasteiger partial charge on any atom is -0.462 e. The molecule has 0 saturated heterocycles. The van der Waals surface area contributed by atoms with Crippen molar-refractivity contribution >= 4 is 23.7 Å². The van der Waals surface area contributed by atoms with Crippen LogP contribution >= 0.6 is 7.14 Å². The van der Waals surface area contributed by atoms with Crippen LogP contribution in [-0.2, 0) is 9.30 Å². The summed E-state index contributed by atoms with van der Waals surface area (Å²) in [5.41, 5.74) is 0.529. The molecule has 0 aliphatic heterocycles. The Bertz CT molecular complexity index is 834. The third kappa shape index (κ3) is 4.30. The molecule has 3 aromatic carbocycles. The van der Waals surface area contributed by atoms with Crippen molar-refractivity contribution in [1.29, 1.82) is 0 Å². The molecule has 0 unspecified atom stereocenters. The van der Waals surface area contributed by atoms with Gasteiger partial charge in [-0.3, -0.25) is 0 Å². The van der Waals surface area contributed by atoms with E-state index in [1.165, 1.54) is 0 Å². The molecule has 0 N–H and O–H groups in total. The first-order chi connectivity index (χ1) is 12.7.